The van der Waals surface area contributed by atoms with E-state index in [4.69, 9.17) is 21.1 Å². The molecular formula is C31H33ClFN3O3S2. The topological polar surface area (TPSA) is 54.0 Å². The molecule has 2 aliphatic heterocycles. The minimum absolute atomic E-state index is 0.0509. The number of methoxy groups -OCH3 is 1. The summed E-state index contributed by atoms with van der Waals surface area (Å²) in [7, 11) is 1.65. The molecule has 6 nitrogen and oxygen atoms in total. The number of halogens is 2. The molecule has 0 atom stereocenters. The second kappa shape index (κ2) is 12.0. The quantitative estimate of drug-likeness (QED) is 0.248. The molecule has 41 heavy (non-hydrogen) atoms. The van der Waals surface area contributed by atoms with Crippen LogP contribution in [0.2, 0.25) is 5.02 Å². The molecule has 2 heterocycles. The molecule has 6 rings (SSSR count). The van der Waals surface area contributed by atoms with E-state index in [2.05, 4.69) is 21.3 Å². The van der Waals surface area contributed by atoms with Crippen molar-refractivity contribution in [3.05, 3.63) is 76.6 Å². The van der Waals surface area contributed by atoms with Crippen LogP contribution in [-0.2, 0) is 16.8 Å². The number of carbonyl (C=O) groups excluding carboxylic acids is 1. The van der Waals surface area contributed by atoms with Crippen LogP contribution in [0.4, 0.5) is 15.8 Å². The van der Waals surface area contributed by atoms with Crippen molar-refractivity contribution < 1.29 is 18.7 Å². The van der Waals surface area contributed by atoms with Crippen LogP contribution in [-0.4, -0.2) is 42.8 Å². The van der Waals surface area contributed by atoms with Crippen LogP contribution in [0, 0.1) is 5.82 Å². The van der Waals surface area contributed by atoms with Crippen molar-refractivity contribution in [3.8, 4) is 11.5 Å². The lowest BCUT2D eigenvalue weighted by Crippen LogP contribution is -2.44. The standard InChI is InChI=1S/C31H33ClFN3O3S2/c1-38-23-7-4-20(5-8-23)19-36-29-25(31(30(36)37)12-3-13-31)17-22(34-41-28-9-6-21(32)16-26(28)33)18-27(29)39-24-10-14-35(40-2)15-11-24/h4-9,16-18,24,34H,3,10-15,19H2,1-2H3. The Morgan fingerprint density at radius 1 is 1.10 bits per heavy atom. The number of nitrogens with one attached hydrogen (secondary N) is 1. The second-order valence-corrected chi connectivity index (χ2v) is 12.9. The summed E-state index contributed by atoms with van der Waals surface area (Å²) in [4.78, 5) is 16.5. The molecule has 0 aromatic heterocycles. The first kappa shape index (κ1) is 28.5. The van der Waals surface area contributed by atoms with Crippen LogP contribution in [0.25, 0.3) is 0 Å². The Hall–Kier alpha value is -2.59. The van der Waals surface area contributed by atoms with Crippen molar-refractivity contribution in [1.29, 1.82) is 0 Å². The van der Waals surface area contributed by atoms with E-state index in [1.54, 1.807) is 31.2 Å². The summed E-state index contributed by atoms with van der Waals surface area (Å²) < 4.78 is 32.3. The molecule has 3 aromatic carbocycles. The predicted octanol–water partition coefficient (Wildman–Crippen LogP) is 7.70. The number of carbonyl (C=O) groups is 1. The third kappa shape index (κ3) is 5.61. The molecule has 1 N–H and O–H groups in total. The monoisotopic (exact) mass is 613 g/mol. The van der Waals surface area contributed by atoms with Crippen LogP contribution in [0.5, 0.6) is 11.5 Å². The molecule has 1 saturated heterocycles. The molecule has 0 radical (unpaired) electrons. The minimum atomic E-state index is -0.546. The van der Waals surface area contributed by atoms with Gasteiger partial charge in [-0.2, -0.15) is 0 Å². The molecule has 3 aromatic rings. The molecule has 0 unspecified atom stereocenters. The number of piperidine rings is 1. The molecule has 2 fully saturated rings. The normalized spacial score (nSPS) is 18.3. The van der Waals surface area contributed by atoms with Crippen LogP contribution in [0.1, 0.15) is 43.2 Å². The van der Waals surface area contributed by atoms with Gasteiger partial charge >= 0.3 is 0 Å². The Morgan fingerprint density at radius 3 is 2.49 bits per heavy atom. The highest BCUT2D eigenvalue weighted by Crippen LogP contribution is 2.57. The molecular weight excluding hydrogens is 581 g/mol. The van der Waals surface area contributed by atoms with E-state index in [1.807, 2.05) is 35.2 Å². The molecule has 216 valence electrons. The van der Waals surface area contributed by atoms with Crippen molar-refractivity contribution >= 4 is 52.8 Å². The summed E-state index contributed by atoms with van der Waals surface area (Å²) in [5.74, 6) is 1.23. The third-order valence-electron chi connectivity index (χ3n) is 8.35. The third-order valence-corrected chi connectivity index (χ3v) is 10.4. The maximum Gasteiger partial charge on any atom is 0.238 e. The summed E-state index contributed by atoms with van der Waals surface area (Å²) in [5.41, 5.74) is 3.13. The highest BCUT2D eigenvalue weighted by atomic mass is 35.5. The number of fused-ring (bicyclic) bond motifs is 2. The van der Waals surface area contributed by atoms with Gasteiger partial charge in [0.05, 0.1) is 29.7 Å². The van der Waals surface area contributed by atoms with Crippen LogP contribution >= 0.6 is 35.5 Å². The van der Waals surface area contributed by atoms with E-state index in [1.165, 1.54) is 18.0 Å². The van der Waals surface area contributed by atoms with Gasteiger partial charge < -0.3 is 19.1 Å². The van der Waals surface area contributed by atoms with Crippen molar-refractivity contribution in [2.75, 3.05) is 36.1 Å². The van der Waals surface area contributed by atoms with Gasteiger partial charge in [0.25, 0.3) is 0 Å². The number of nitrogens with zero attached hydrogens (tertiary/aromatic N) is 2. The first-order valence-corrected chi connectivity index (χ1v) is 16.2. The average Bonchev–Trinajstić information content (AvgIpc) is 3.21. The maximum absolute atomic E-state index is 14.5. The van der Waals surface area contributed by atoms with Crippen LogP contribution in [0.15, 0.2) is 59.5 Å². The van der Waals surface area contributed by atoms with Gasteiger partial charge in [0.1, 0.15) is 23.4 Å². The van der Waals surface area contributed by atoms with Gasteiger partial charge in [0, 0.05) is 29.9 Å². The molecule has 10 heteroatoms. The van der Waals surface area contributed by atoms with Crippen molar-refractivity contribution in [1.82, 2.24) is 4.31 Å². The van der Waals surface area contributed by atoms with E-state index in [-0.39, 0.29) is 17.8 Å². The van der Waals surface area contributed by atoms with Gasteiger partial charge in [-0.25, -0.2) is 4.39 Å². The van der Waals surface area contributed by atoms with Crippen LogP contribution in [0.3, 0.4) is 0 Å². The molecule has 3 aliphatic rings. The number of ether oxygens (including phenoxy) is 2. The van der Waals surface area contributed by atoms with E-state index >= 15 is 0 Å². The first-order valence-electron chi connectivity index (χ1n) is 13.9. The zero-order valence-corrected chi connectivity index (χ0v) is 25.5. The fourth-order valence-electron chi connectivity index (χ4n) is 5.94. The molecule has 1 aliphatic carbocycles. The number of rotatable bonds is 9. The molecule has 1 spiro atoms. The van der Waals surface area contributed by atoms with Crippen LogP contribution < -0.4 is 19.1 Å². The SMILES string of the molecule is COc1ccc(CN2C(=O)C3(CCC3)c3cc(NSc4ccc(Cl)cc4F)cc(OC4CCN(SC)CC4)c32)cc1. The Kier molecular flexibility index (Phi) is 8.32. The lowest BCUT2D eigenvalue weighted by Gasteiger charge is -2.37. The summed E-state index contributed by atoms with van der Waals surface area (Å²) in [5, 5.41) is 0.356. The van der Waals surface area contributed by atoms with Gasteiger partial charge in [0.2, 0.25) is 5.91 Å². The van der Waals surface area contributed by atoms with E-state index in [0.717, 1.165) is 73.4 Å². The Balaban J connectivity index is 1.36. The van der Waals surface area contributed by atoms with Gasteiger partial charge in [-0.1, -0.05) is 42.1 Å². The summed E-state index contributed by atoms with van der Waals surface area (Å²) in [6.45, 7) is 2.36. The molecule has 0 bridgehead atoms. The Bertz CT molecular complexity index is 1430. The van der Waals surface area contributed by atoms with Crippen molar-refractivity contribution in [2.24, 2.45) is 0 Å². The number of amides is 1. The minimum Gasteiger partial charge on any atom is -0.497 e. The fraction of sp³-hybridized carbons (Fsp3) is 0.387. The fourth-order valence-corrected chi connectivity index (χ4v) is 7.31. The summed E-state index contributed by atoms with van der Waals surface area (Å²) in [6, 6.07) is 16.5. The smallest absolute Gasteiger partial charge is 0.238 e. The van der Waals surface area contributed by atoms with E-state index in [9.17, 15) is 9.18 Å². The summed E-state index contributed by atoms with van der Waals surface area (Å²) in [6.07, 6.45) is 6.61. The number of hydrogen-bond donors (Lipinski definition) is 1. The first-order chi connectivity index (χ1) is 19.9. The van der Waals surface area contributed by atoms with Gasteiger partial charge in [0.15, 0.2) is 0 Å². The Labute approximate surface area is 254 Å². The summed E-state index contributed by atoms with van der Waals surface area (Å²) >= 11 is 8.90. The predicted molar refractivity (Wildman–Crippen MR) is 166 cm³/mol. The molecule has 1 saturated carbocycles. The zero-order valence-electron chi connectivity index (χ0n) is 23.1. The zero-order chi connectivity index (χ0) is 28.6. The highest BCUT2D eigenvalue weighted by Gasteiger charge is 2.55. The van der Waals surface area contributed by atoms with E-state index in [0.29, 0.717) is 22.2 Å². The lowest BCUT2D eigenvalue weighted by atomic mass is 9.65. The van der Waals surface area contributed by atoms with Crippen molar-refractivity contribution in [3.63, 3.8) is 0 Å². The second-order valence-electron chi connectivity index (χ2n) is 10.8. The van der Waals surface area contributed by atoms with Crippen molar-refractivity contribution in [2.45, 2.75) is 55.1 Å². The lowest BCUT2D eigenvalue weighted by molar-refractivity contribution is -0.126. The molecule has 1 amide bonds. The maximum atomic E-state index is 14.5. The number of benzene rings is 3. The van der Waals surface area contributed by atoms with Gasteiger partial charge in [-0.3, -0.25) is 9.10 Å². The van der Waals surface area contributed by atoms with E-state index < -0.39 is 5.41 Å². The number of hydrogen-bond acceptors (Lipinski definition) is 7. The van der Waals surface area contributed by atoms with Gasteiger partial charge in [-0.05, 0) is 91.4 Å². The highest BCUT2D eigenvalue weighted by molar-refractivity contribution is 8.00. The number of anilines is 2. The van der Waals surface area contributed by atoms with Gasteiger partial charge in [-0.15, -0.1) is 0 Å². The average molecular weight is 614 g/mol. The Morgan fingerprint density at radius 2 is 1.85 bits per heavy atom. The largest absolute Gasteiger partial charge is 0.497 e.